The van der Waals surface area contributed by atoms with Crippen LogP contribution in [0.3, 0.4) is 0 Å². The summed E-state index contributed by atoms with van der Waals surface area (Å²) in [4.78, 5) is 0. The second-order valence-electron chi connectivity index (χ2n) is 13.3. The van der Waals surface area contributed by atoms with Crippen LogP contribution in [0.15, 0.2) is 84.9 Å². The van der Waals surface area contributed by atoms with Crippen LogP contribution < -0.4 is 0 Å². The number of fused-ring (bicyclic) bond motifs is 7. The van der Waals surface area contributed by atoms with Crippen molar-refractivity contribution in [1.29, 1.82) is 0 Å². The molecule has 1 heterocycles. The number of benzene rings is 6. The summed E-state index contributed by atoms with van der Waals surface area (Å²) < 4.78 is 88.9. The lowest BCUT2D eigenvalue weighted by atomic mass is 9.82. The van der Waals surface area contributed by atoms with E-state index in [0.29, 0.717) is 28.7 Å². The zero-order chi connectivity index (χ0) is 34.4. The Morgan fingerprint density at radius 1 is 0.520 bits per heavy atom. The van der Waals surface area contributed by atoms with Crippen LogP contribution in [0.4, 0.5) is 26.3 Å². The molecule has 0 aliphatic carbocycles. The molecule has 0 spiro atoms. The maximum Gasteiger partial charge on any atom is 0.194 e. The Bertz CT molecular complexity index is 2040. The standard InChI is InChI=1S/C42H36F6N.BrH/c1-3-5-15-49(16-6-4-2)23-33-31(27-19-35(43)41(47)36(44)20-27)17-25-11-7-9-13-29(25)39(33)40-30-14-10-8-12-26(30)18-32(34(40)24-49)28-21-37(45)42(48)38(46)22-28;/h7-14,17-22H,3-6,15-16,23-24H2,1-2H3;1H/q+1;. The normalized spacial score (nSPS) is 13.5. The lowest BCUT2D eigenvalue weighted by Crippen LogP contribution is -2.47. The molecule has 1 aliphatic rings. The lowest BCUT2D eigenvalue weighted by Gasteiger charge is -2.39. The van der Waals surface area contributed by atoms with E-state index in [4.69, 9.17) is 0 Å². The monoisotopic (exact) mass is 748 g/mol. The maximum absolute atomic E-state index is 14.9. The fourth-order valence-electron chi connectivity index (χ4n) is 7.76. The average Bonchev–Trinajstić information content (AvgIpc) is 3.25. The highest BCUT2D eigenvalue weighted by Crippen LogP contribution is 2.50. The molecule has 7 rings (SSSR count). The zero-order valence-electron chi connectivity index (χ0n) is 27.9. The number of unbranched alkanes of at least 4 members (excludes halogenated alkanes) is 2. The minimum atomic E-state index is -1.52. The second-order valence-corrected chi connectivity index (χ2v) is 13.3. The molecule has 0 aromatic heterocycles. The van der Waals surface area contributed by atoms with Crippen molar-refractivity contribution in [3.05, 3.63) is 131 Å². The van der Waals surface area contributed by atoms with Crippen molar-refractivity contribution in [2.75, 3.05) is 13.1 Å². The minimum absolute atomic E-state index is 0. The molecular weight excluding hydrogens is 712 g/mol. The third-order valence-corrected chi connectivity index (χ3v) is 10.1. The van der Waals surface area contributed by atoms with Crippen molar-refractivity contribution in [3.63, 3.8) is 0 Å². The van der Waals surface area contributed by atoms with Gasteiger partial charge in [-0.3, -0.25) is 0 Å². The molecule has 6 aromatic carbocycles. The van der Waals surface area contributed by atoms with E-state index in [1.165, 1.54) is 0 Å². The van der Waals surface area contributed by atoms with Gasteiger partial charge in [0, 0.05) is 22.3 Å². The van der Waals surface area contributed by atoms with Gasteiger partial charge in [-0.2, -0.15) is 0 Å². The van der Waals surface area contributed by atoms with Crippen LogP contribution in [0.2, 0.25) is 0 Å². The maximum atomic E-state index is 14.9. The Labute approximate surface area is 298 Å². The summed E-state index contributed by atoms with van der Waals surface area (Å²) in [6.07, 6.45) is 3.67. The summed E-state index contributed by atoms with van der Waals surface area (Å²) in [5, 5.41) is 3.47. The average molecular weight is 750 g/mol. The minimum Gasteiger partial charge on any atom is -0.316 e. The van der Waals surface area contributed by atoms with E-state index in [1.807, 2.05) is 60.7 Å². The SMILES string of the molecule is Br.CCCC[N+]1(CCCC)Cc2c(-c3cc(F)c(F)c(F)c3)cc3ccccc3c2-c2c(c(-c3cc(F)c(F)c(F)c3)cc3ccccc23)C1. The number of hydrogen-bond acceptors (Lipinski definition) is 0. The van der Waals surface area contributed by atoms with Crippen molar-refractivity contribution in [3.8, 4) is 33.4 Å². The zero-order valence-corrected chi connectivity index (χ0v) is 29.6. The highest BCUT2D eigenvalue weighted by Gasteiger charge is 2.38. The first-order valence-electron chi connectivity index (χ1n) is 16.9. The Morgan fingerprint density at radius 3 is 1.24 bits per heavy atom. The molecule has 0 bridgehead atoms. The van der Waals surface area contributed by atoms with Gasteiger partial charge in [-0.1, -0.05) is 75.2 Å². The number of halogens is 7. The predicted octanol–water partition coefficient (Wildman–Crippen LogP) is 12.8. The third kappa shape index (κ3) is 6.21. The molecule has 258 valence electrons. The molecule has 0 atom stereocenters. The van der Waals surface area contributed by atoms with Crippen LogP contribution in [-0.4, -0.2) is 17.6 Å². The van der Waals surface area contributed by atoms with Gasteiger partial charge in [0.25, 0.3) is 0 Å². The van der Waals surface area contributed by atoms with Crippen LogP contribution in [0.5, 0.6) is 0 Å². The summed E-state index contributed by atoms with van der Waals surface area (Å²) >= 11 is 0. The number of hydrogen-bond donors (Lipinski definition) is 0. The molecular formula is C42H37BrF6N+. The van der Waals surface area contributed by atoms with Gasteiger partial charge in [-0.15, -0.1) is 17.0 Å². The Morgan fingerprint density at radius 2 is 0.880 bits per heavy atom. The Hall–Kier alpha value is -4.14. The predicted molar refractivity (Wildman–Crippen MR) is 195 cm³/mol. The van der Waals surface area contributed by atoms with Crippen LogP contribution in [0, 0.1) is 34.9 Å². The molecule has 1 aliphatic heterocycles. The highest BCUT2D eigenvalue weighted by molar-refractivity contribution is 8.93. The quantitative estimate of drug-likeness (QED) is 0.0826. The van der Waals surface area contributed by atoms with E-state index >= 15 is 0 Å². The van der Waals surface area contributed by atoms with Gasteiger partial charge in [0.05, 0.1) is 13.1 Å². The summed E-state index contributed by atoms with van der Waals surface area (Å²) in [6, 6.07) is 23.7. The highest BCUT2D eigenvalue weighted by atomic mass is 79.9. The molecule has 8 heteroatoms. The Kier molecular flexibility index (Phi) is 10.2. The summed E-state index contributed by atoms with van der Waals surface area (Å²) in [6.45, 7) is 6.83. The smallest absolute Gasteiger partial charge is 0.194 e. The molecule has 0 saturated heterocycles. The first-order chi connectivity index (χ1) is 23.6. The molecule has 0 radical (unpaired) electrons. The van der Waals surface area contributed by atoms with Gasteiger partial charge in [-0.05, 0) is 93.0 Å². The van der Waals surface area contributed by atoms with Crippen molar-refractivity contribution in [1.82, 2.24) is 0 Å². The van der Waals surface area contributed by atoms with Crippen LogP contribution in [0.25, 0.3) is 54.9 Å². The Balaban J connectivity index is 0.00000432. The van der Waals surface area contributed by atoms with E-state index in [2.05, 4.69) is 13.8 Å². The molecule has 0 saturated carbocycles. The van der Waals surface area contributed by atoms with Crippen LogP contribution in [0.1, 0.15) is 50.7 Å². The van der Waals surface area contributed by atoms with Crippen molar-refractivity contribution in [2.45, 2.75) is 52.6 Å². The van der Waals surface area contributed by atoms with Gasteiger partial charge in [-0.25, -0.2) is 26.3 Å². The van der Waals surface area contributed by atoms with Gasteiger partial charge >= 0.3 is 0 Å². The molecule has 0 amide bonds. The topological polar surface area (TPSA) is 0 Å². The van der Waals surface area contributed by atoms with E-state index in [9.17, 15) is 26.3 Å². The fraction of sp³-hybridized carbons (Fsp3) is 0.238. The number of rotatable bonds is 8. The van der Waals surface area contributed by atoms with Crippen molar-refractivity contribution < 1.29 is 30.8 Å². The number of quaternary nitrogens is 1. The van der Waals surface area contributed by atoms with E-state index in [-0.39, 0.29) is 28.1 Å². The van der Waals surface area contributed by atoms with Gasteiger partial charge in [0.15, 0.2) is 34.9 Å². The summed E-state index contributed by atoms with van der Waals surface area (Å²) in [7, 11) is 0. The summed E-state index contributed by atoms with van der Waals surface area (Å²) in [5.74, 6) is -8.11. The fourth-order valence-corrected chi connectivity index (χ4v) is 7.76. The van der Waals surface area contributed by atoms with Crippen molar-refractivity contribution >= 4 is 38.5 Å². The first-order valence-corrected chi connectivity index (χ1v) is 16.9. The molecule has 0 N–H and O–H groups in total. The van der Waals surface area contributed by atoms with E-state index in [1.54, 1.807) is 0 Å². The molecule has 6 aromatic rings. The van der Waals surface area contributed by atoms with Gasteiger partial charge in [0.2, 0.25) is 0 Å². The van der Waals surface area contributed by atoms with E-state index < -0.39 is 34.9 Å². The van der Waals surface area contributed by atoms with Crippen LogP contribution in [-0.2, 0) is 13.1 Å². The van der Waals surface area contributed by atoms with E-state index in [0.717, 1.165) is 107 Å². The second kappa shape index (κ2) is 14.2. The molecule has 1 nitrogen and oxygen atoms in total. The lowest BCUT2D eigenvalue weighted by molar-refractivity contribution is -0.953. The largest absolute Gasteiger partial charge is 0.316 e. The molecule has 50 heavy (non-hydrogen) atoms. The van der Waals surface area contributed by atoms with Gasteiger partial charge in [0.1, 0.15) is 13.1 Å². The third-order valence-electron chi connectivity index (χ3n) is 10.1. The summed E-state index contributed by atoms with van der Waals surface area (Å²) in [5.41, 5.74) is 5.13. The first kappa shape index (κ1) is 35.7. The number of nitrogens with zero attached hydrogens (tertiary/aromatic N) is 1. The molecule has 0 fully saturated rings. The molecule has 0 unspecified atom stereocenters. The van der Waals surface area contributed by atoms with Crippen LogP contribution >= 0.6 is 17.0 Å². The van der Waals surface area contributed by atoms with Crippen molar-refractivity contribution in [2.24, 2.45) is 0 Å². The van der Waals surface area contributed by atoms with Gasteiger partial charge < -0.3 is 4.48 Å².